The van der Waals surface area contributed by atoms with Crippen molar-refractivity contribution in [3.63, 3.8) is 0 Å². The molecule has 4 atom stereocenters. The topological polar surface area (TPSA) is 0 Å². The third-order valence-corrected chi connectivity index (χ3v) is 8.94. The first kappa shape index (κ1) is 22.8. The van der Waals surface area contributed by atoms with Gasteiger partial charge in [-0.3, -0.25) is 0 Å². The molecule has 0 N–H and O–H groups in total. The number of fused-ring (bicyclic) bond motifs is 1. The van der Waals surface area contributed by atoms with Crippen molar-refractivity contribution in [3.8, 4) is 0 Å². The minimum atomic E-state index is 0.0491. The summed E-state index contributed by atoms with van der Waals surface area (Å²) in [6, 6.07) is 6.10. The number of benzene rings is 1. The summed E-state index contributed by atoms with van der Waals surface area (Å²) in [5.74, 6) is 5.03. The van der Waals surface area contributed by atoms with Crippen LogP contribution in [0.25, 0.3) is 0 Å². The van der Waals surface area contributed by atoms with Crippen LogP contribution in [0.3, 0.4) is 0 Å². The fourth-order valence-corrected chi connectivity index (χ4v) is 7.19. The van der Waals surface area contributed by atoms with E-state index in [9.17, 15) is 4.39 Å². The number of hydrogen-bond acceptors (Lipinski definition) is 0. The van der Waals surface area contributed by atoms with Gasteiger partial charge < -0.3 is 0 Å². The highest BCUT2D eigenvalue weighted by Crippen LogP contribution is 2.51. The van der Waals surface area contributed by atoms with Crippen molar-refractivity contribution in [2.45, 2.75) is 96.8 Å². The van der Waals surface area contributed by atoms with Crippen molar-refractivity contribution in [3.05, 3.63) is 59.4 Å². The lowest BCUT2D eigenvalue weighted by Crippen LogP contribution is -2.34. The van der Waals surface area contributed by atoms with Gasteiger partial charge in [0.15, 0.2) is 0 Å². The summed E-state index contributed by atoms with van der Waals surface area (Å²) in [5.41, 5.74) is 2.13. The fourth-order valence-electron chi connectivity index (χ4n) is 7.19. The second-order valence-electron chi connectivity index (χ2n) is 10.8. The first-order valence-corrected chi connectivity index (χ1v) is 13.2. The Kier molecular flexibility index (Phi) is 8.07. The van der Waals surface area contributed by atoms with Gasteiger partial charge in [0.2, 0.25) is 0 Å². The van der Waals surface area contributed by atoms with Crippen molar-refractivity contribution < 1.29 is 4.39 Å². The average Bonchev–Trinajstić information content (AvgIpc) is 2.79. The van der Waals surface area contributed by atoms with Gasteiger partial charge in [-0.1, -0.05) is 36.4 Å². The zero-order chi connectivity index (χ0) is 21.6. The Balaban J connectivity index is 1.30. The van der Waals surface area contributed by atoms with Crippen LogP contribution in [0, 0.1) is 35.4 Å². The van der Waals surface area contributed by atoms with Crippen LogP contribution in [0.4, 0.5) is 4.39 Å². The predicted octanol–water partition coefficient (Wildman–Crippen LogP) is 9.02. The summed E-state index contributed by atoms with van der Waals surface area (Å²) >= 11 is 0. The van der Waals surface area contributed by atoms with Crippen molar-refractivity contribution >= 4 is 0 Å². The molecule has 1 heteroatoms. The number of aryl methyl sites for hydroxylation is 1. The molecular formula is C30H43F. The molecule has 170 valence electrons. The maximum absolute atomic E-state index is 14.9. The van der Waals surface area contributed by atoms with Crippen LogP contribution in [-0.2, 0) is 6.42 Å². The molecule has 0 nitrogen and oxygen atoms in total. The van der Waals surface area contributed by atoms with Gasteiger partial charge in [0.05, 0.1) is 0 Å². The van der Waals surface area contributed by atoms with E-state index in [0.29, 0.717) is 5.92 Å². The number of halogens is 1. The molecule has 0 saturated heterocycles. The highest BCUT2D eigenvalue weighted by atomic mass is 19.1. The number of allylic oxidation sites excluding steroid dienone is 4. The molecule has 31 heavy (non-hydrogen) atoms. The number of hydrogen-bond donors (Lipinski definition) is 0. The first-order valence-electron chi connectivity index (χ1n) is 13.2. The molecule has 1 aromatic carbocycles. The van der Waals surface area contributed by atoms with Crippen molar-refractivity contribution in [2.24, 2.45) is 29.6 Å². The Labute approximate surface area is 190 Å². The van der Waals surface area contributed by atoms with Gasteiger partial charge in [-0.15, -0.1) is 0 Å². The van der Waals surface area contributed by atoms with E-state index >= 15 is 0 Å². The Morgan fingerprint density at radius 3 is 2.19 bits per heavy atom. The molecule has 3 saturated carbocycles. The van der Waals surface area contributed by atoms with Crippen LogP contribution >= 0.6 is 0 Å². The van der Waals surface area contributed by atoms with E-state index in [2.05, 4.69) is 43.4 Å². The molecule has 1 aromatic rings. The SMILES string of the molecule is C/C=C/CCc1ccc(C2CCC3CC(C4CCC(/C=C/C)CC4)CCC3C2)c(F)c1. The van der Waals surface area contributed by atoms with Crippen molar-refractivity contribution in [1.82, 2.24) is 0 Å². The maximum Gasteiger partial charge on any atom is 0.126 e. The fraction of sp³-hybridized carbons (Fsp3) is 0.667. The summed E-state index contributed by atoms with van der Waals surface area (Å²) in [7, 11) is 0. The summed E-state index contributed by atoms with van der Waals surface area (Å²) in [6.07, 6.45) is 24.6. The first-order chi connectivity index (χ1) is 15.2. The molecule has 0 spiro atoms. The lowest BCUT2D eigenvalue weighted by atomic mass is 9.60. The quantitative estimate of drug-likeness (QED) is 0.401. The Bertz CT molecular complexity index is 752. The van der Waals surface area contributed by atoms with Gasteiger partial charge in [-0.05, 0) is 144 Å². The minimum Gasteiger partial charge on any atom is -0.207 e. The molecule has 0 aromatic heterocycles. The van der Waals surface area contributed by atoms with E-state index in [1.54, 1.807) is 0 Å². The van der Waals surface area contributed by atoms with Crippen LogP contribution < -0.4 is 0 Å². The van der Waals surface area contributed by atoms with Crippen LogP contribution in [0.2, 0.25) is 0 Å². The molecule has 3 fully saturated rings. The molecule has 0 bridgehead atoms. The molecule has 0 heterocycles. The second kappa shape index (κ2) is 11.0. The summed E-state index contributed by atoms with van der Waals surface area (Å²) in [5, 5.41) is 0. The van der Waals surface area contributed by atoms with Crippen molar-refractivity contribution in [2.75, 3.05) is 0 Å². The van der Waals surface area contributed by atoms with Crippen molar-refractivity contribution in [1.29, 1.82) is 0 Å². The summed E-state index contributed by atoms with van der Waals surface area (Å²) < 4.78 is 14.9. The van der Waals surface area contributed by atoms with E-state index < -0.39 is 0 Å². The van der Waals surface area contributed by atoms with Crippen LogP contribution in [0.5, 0.6) is 0 Å². The van der Waals surface area contributed by atoms with Gasteiger partial charge in [0, 0.05) is 0 Å². The normalized spacial score (nSPS) is 34.3. The van der Waals surface area contributed by atoms with Gasteiger partial charge >= 0.3 is 0 Å². The monoisotopic (exact) mass is 422 g/mol. The highest BCUT2D eigenvalue weighted by Gasteiger charge is 2.39. The largest absolute Gasteiger partial charge is 0.207 e. The Morgan fingerprint density at radius 1 is 0.806 bits per heavy atom. The minimum absolute atomic E-state index is 0.0491. The Morgan fingerprint density at radius 2 is 1.48 bits per heavy atom. The average molecular weight is 423 g/mol. The number of rotatable bonds is 6. The van der Waals surface area contributed by atoms with E-state index in [1.165, 1.54) is 64.2 Å². The third kappa shape index (κ3) is 5.71. The van der Waals surface area contributed by atoms with Crippen LogP contribution in [0.1, 0.15) is 102 Å². The van der Waals surface area contributed by atoms with Crippen LogP contribution in [-0.4, -0.2) is 0 Å². The standard InChI is InChI=1S/C30H43F/c1-3-5-6-8-23-11-18-29(30(31)19-23)28-17-16-26-20-25(14-15-27(26)21-28)24-12-9-22(7-4-2)10-13-24/h3-5,7,11,18-19,22,24-28H,6,8-10,12-17,20-21H2,1-2H3/b5-3+,7-4+. The molecule has 0 amide bonds. The van der Waals surface area contributed by atoms with Gasteiger partial charge in [-0.2, -0.15) is 0 Å². The second-order valence-corrected chi connectivity index (χ2v) is 10.8. The molecule has 0 aliphatic heterocycles. The zero-order valence-corrected chi connectivity index (χ0v) is 19.9. The molecule has 3 aliphatic carbocycles. The zero-order valence-electron chi connectivity index (χ0n) is 19.9. The van der Waals surface area contributed by atoms with Gasteiger partial charge in [0.1, 0.15) is 5.82 Å². The highest BCUT2D eigenvalue weighted by molar-refractivity contribution is 5.28. The summed E-state index contributed by atoms with van der Waals surface area (Å²) in [6.45, 7) is 4.21. The van der Waals surface area contributed by atoms with E-state index in [1.807, 2.05) is 13.0 Å². The van der Waals surface area contributed by atoms with Crippen LogP contribution in [0.15, 0.2) is 42.5 Å². The molecule has 4 unspecified atom stereocenters. The smallest absolute Gasteiger partial charge is 0.126 e. The predicted molar refractivity (Wildman–Crippen MR) is 131 cm³/mol. The van der Waals surface area contributed by atoms with E-state index in [4.69, 9.17) is 0 Å². The lowest BCUT2D eigenvalue weighted by Gasteiger charge is -2.45. The molecule has 3 aliphatic rings. The third-order valence-electron chi connectivity index (χ3n) is 8.94. The van der Waals surface area contributed by atoms with Gasteiger partial charge in [0.25, 0.3) is 0 Å². The summed E-state index contributed by atoms with van der Waals surface area (Å²) in [4.78, 5) is 0. The van der Waals surface area contributed by atoms with E-state index in [0.717, 1.165) is 53.6 Å². The molecular weight excluding hydrogens is 379 g/mol. The molecule has 0 radical (unpaired) electrons. The Hall–Kier alpha value is -1.37. The maximum atomic E-state index is 14.9. The lowest BCUT2D eigenvalue weighted by molar-refractivity contribution is 0.0744. The van der Waals surface area contributed by atoms with E-state index in [-0.39, 0.29) is 5.82 Å². The van der Waals surface area contributed by atoms with Gasteiger partial charge in [-0.25, -0.2) is 4.39 Å². The molecule has 4 rings (SSSR count).